The van der Waals surface area contributed by atoms with Crippen LogP contribution in [0.3, 0.4) is 0 Å². The lowest BCUT2D eigenvalue weighted by molar-refractivity contribution is 0.476. The molecule has 0 spiro atoms. The van der Waals surface area contributed by atoms with Gasteiger partial charge in [0.25, 0.3) is 0 Å². The molecule has 0 aliphatic carbocycles. The SMILES string of the molecule is Oc1c(Cc2ccccc2-c2ccco2)ccc2ccccc12. The number of fused-ring (bicyclic) bond motifs is 1. The third-order valence-electron chi connectivity index (χ3n) is 4.17. The number of furan rings is 1. The van der Waals surface area contributed by atoms with E-state index in [0.29, 0.717) is 12.2 Å². The Morgan fingerprint density at radius 2 is 1.57 bits per heavy atom. The molecule has 0 saturated heterocycles. The molecule has 0 unspecified atom stereocenters. The van der Waals surface area contributed by atoms with E-state index < -0.39 is 0 Å². The van der Waals surface area contributed by atoms with Crippen LogP contribution >= 0.6 is 0 Å². The van der Waals surface area contributed by atoms with Crippen molar-refractivity contribution in [3.8, 4) is 17.1 Å². The first-order valence-electron chi connectivity index (χ1n) is 7.64. The summed E-state index contributed by atoms with van der Waals surface area (Å²) >= 11 is 0. The maximum absolute atomic E-state index is 10.6. The fourth-order valence-electron chi connectivity index (χ4n) is 2.99. The summed E-state index contributed by atoms with van der Waals surface area (Å²) in [5.74, 6) is 1.21. The number of hydrogen-bond donors (Lipinski definition) is 1. The molecule has 0 atom stereocenters. The van der Waals surface area contributed by atoms with E-state index in [1.807, 2.05) is 60.7 Å². The number of hydrogen-bond acceptors (Lipinski definition) is 2. The van der Waals surface area contributed by atoms with Crippen LogP contribution in [0.1, 0.15) is 11.1 Å². The highest BCUT2D eigenvalue weighted by molar-refractivity contribution is 5.89. The zero-order valence-corrected chi connectivity index (χ0v) is 12.6. The van der Waals surface area contributed by atoms with Crippen LogP contribution < -0.4 is 0 Å². The van der Waals surface area contributed by atoms with Crippen LogP contribution in [0.5, 0.6) is 5.75 Å². The highest BCUT2D eigenvalue weighted by Crippen LogP contribution is 2.32. The van der Waals surface area contributed by atoms with Crippen LogP contribution in [0.15, 0.2) is 83.5 Å². The number of benzene rings is 3. The molecular weight excluding hydrogens is 284 g/mol. The molecule has 4 aromatic rings. The summed E-state index contributed by atoms with van der Waals surface area (Å²) < 4.78 is 5.54. The Labute approximate surface area is 134 Å². The lowest BCUT2D eigenvalue weighted by Gasteiger charge is -2.11. The maximum atomic E-state index is 10.6. The Hall–Kier alpha value is -3.00. The number of rotatable bonds is 3. The molecule has 23 heavy (non-hydrogen) atoms. The van der Waals surface area contributed by atoms with Crippen molar-refractivity contribution in [2.75, 3.05) is 0 Å². The van der Waals surface area contributed by atoms with Crippen molar-refractivity contribution in [2.24, 2.45) is 0 Å². The Bertz CT molecular complexity index is 953. The molecule has 2 nitrogen and oxygen atoms in total. The average Bonchev–Trinajstić information content (AvgIpc) is 3.12. The van der Waals surface area contributed by atoms with Gasteiger partial charge in [0.05, 0.1) is 6.26 Å². The van der Waals surface area contributed by atoms with Gasteiger partial charge in [-0.05, 0) is 28.6 Å². The monoisotopic (exact) mass is 300 g/mol. The van der Waals surface area contributed by atoms with Crippen LogP contribution in [-0.2, 0) is 6.42 Å². The van der Waals surface area contributed by atoms with Crippen molar-refractivity contribution in [3.63, 3.8) is 0 Å². The molecule has 1 aromatic heterocycles. The van der Waals surface area contributed by atoms with Gasteiger partial charge in [0.2, 0.25) is 0 Å². The summed E-state index contributed by atoms with van der Waals surface area (Å²) in [5.41, 5.74) is 3.11. The van der Waals surface area contributed by atoms with Crippen LogP contribution in [-0.4, -0.2) is 5.11 Å². The van der Waals surface area contributed by atoms with Gasteiger partial charge >= 0.3 is 0 Å². The lowest BCUT2D eigenvalue weighted by Crippen LogP contribution is -1.93. The highest BCUT2D eigenvalue weighted by atomic mass is 16.3. The molecular formula is C21H16O2. The fraction of sp³-hybridized carbons (Fsp3) is 0.0476. The van der Waals surface area contributed by atoms with E-state index in [4.69, 9.17) is 4.42 Å². The molecule has 0 amide bonds. The van der Waals surface area contributed by atoms with E-state index in [0.717, 1.165) is 33.2 Å². The number of aromatic hydroxyl groups is 1. The maximum Gasteiger partial charge on any atom is 0.134 e. The van der Waals surface area contributed by atoms with E-state index in [2.05, 4.69) is 12.1 Å². The van der Waals surface area contributed by atoms with Crippen LogP contribution in [0.4, 0.5) is 0 Å². The Kier molecular flexibility index (Phi) is 3.35. The number of phenolic OH excluding ortho intramolecular Hbond substituents is 1. The standard InChI is InChI=1S/C21H16O2/c22-21-17(12-11-15-6-1-4-9-19(15)21)14-16-7-2-3-8-18(16)20-10-5-13-23-20/h1-13,22H,14H2. The predicted molar refractivity (Wildman–Crippen MR) is 92.6 cm³/mol. The van der Waals surface area contributed by atoms with Crippen LogP contribution in [0, 0.1) is 0 Å². The summed E-state index contributed by atoms with van der Waals surface area (Å²) in [6.07, 6.45) is 2.34. The minimum Gasteiger partial charge on any atom is -0.507 e. The molecule has 0 bridgehead atoms. The average molecular weight is 300 g/mol. The van der Waals surface area contributed by atoms with Gasteiger partial charge < -0.3 is 9.52 Å². The molecule has 4 rings (SSSR count). The molecule has 112 valence electrons. The van der Waals surface area contributed by atoms with E-state index in [9.17, 15) is 5.11 Å². The first-order valence-corrected chi connectivity index (χ1v) is 7.64. The van der Waals surface area contributed by atoms with E-state index >= 15 is 0 Å². The summed E-state index contributed by atoms with van der Waals surface area (Å²) in [4.78, 5) is 0. The normalized spacial score (nSPS) is 11.0. The fourth-order valence-corrected chi connectivity index (χ4v) is 2.99. The van der Waals surface area contributed by atoms with Gasteiger partial charge in [-0.2, -0.15) is 0 Å². The second-order valence-electron chi connectivity index (χ2n) is 5.61. The van der Waals surface area contributed by atoms with Crippen LogP contribution in [0.2, 0.25) is 0 Å². The quantitative estimate of drug-likeness (QED) is 0.550. The summed E-state index contributed by atoms with van der Waals surface area (Å²) in [7, 11) is 0. The first-order chi connectivity index (χ1) is 11.3. The highest BCUT2D eigenvalue weighted by Gasteiger charge is 2.11. The molecule has 0 aliphatic rings. The van der Waals surface area contributed by atoms with Crippen molar-refractivity contribution in [1.82, 2.24) is 0 Å². The molecule has 0 saturated carbocycles. The van der Waals surface area contributed by atoms with Gasteiger partial charge in [0.1, 0.15) is 11.5 Å². The largest absolute Gasteiger partial charge is 0.507 e. The summed E-state index contributed by atoms with van der Waals surface area (Å²) in [6, 6.07) is 23.9. The number of phenols is 1. The van der Waals surface area contributed by atoms with Crippen molar-refractivity contribution in [3.05, 3.63) is 90.2 Å². The Balaban J connectivity index is 1.79. The molecule has 1 N–H and O–H groups in total. The lowest BCUT2D eigenvalue weighted by atomic mass is 9.96. The molecule has 0 radical (unpaired) electrons. The topological polar surface area (TPSA) is 33.4 Å². The molecule has 2 heteroatoms. The van der Waals surface area contributed by atoms with Crippen LogP contribution in [0.25, 0.3) is 22.1 Å². The zero-order chi connectivity index (χ0) is 15.6. The smallest absolute Gasteiger partial charge is 0.134 e. The molecule has 3 aromatic carbocycles. The molecule has 1 heterocycles. The predicted octanol–water partition coefficient (Wildman–Crippen LogP) is 5.40. The van der Waals surface area contributed by atoms with Crippen molar-refractivity contribution in [1.29, 1.82) is 0 Å². The third-order valence-corrected chi connectivity index (χ3v) is 4.17. The van der Waals surface area contributed by atoms with Gasteiger partial charge in [0.15, 0.2) is 0 Å². The van der Waals surface area contributed by atoms with Crippen molar-refractivity contribution in [2.45, 2.75) is 6.42 Å². The first kappa shape index (κ1) is 13.6. The van der Waals surface area contributed by atoms with E-state index in [1.54, 1.807) is 6.26 Å². The third kappa shape index (κ3) is 2.49. The minimum absolute atomic E-state index is 0.359. The second kappa shape index (κ2) is 5.65. The van der Waals surface area contributed by atoms with Gasteiger partial charge in [-0.15, -0.1) is 0 Å². The van der Waals surface area contributed by atoms with Gasteiger partial charge in [0, 0.05) is 17.4 Å². The summed E-state index contributed by atoms with van der Waals surface area (Å²) in [6.45, 7) is 0. The zero-order valence-electron chi connectivity index (χ0n) is 12.6. The molecule has 0 fully saturated rings. The van der Waals surface area contributed by atoms with Crippen molar-refractivity contribution < 1.29 is 9.52 Å². The summed E-state index contributed by atoms with van der Waals surface area (Å²) in [5, 5.41) is 12.5. The molecule has 0 aliphatic heterocycles. The minimum atomic E-state index is 0.359. The second-order valence-corrected chi connectivity index (χ2v) is 5.61. The van der Waals surface area contributed by atoms with E-state index in [1.165, 1.54) is 0 Å². The van der Waals surface area contributed by atoms with Crippen molar-refractivity contribution >= 4 is 10.8 Å². The Morgan fingerprint density at radius 1 is 0.739 bits per heavy atom. The van der Waals surface area contributed by atoms with Gasteiger partial charge in [-0.25, -0.2) is 0 Å². The van der Waals surface area contributed by atoms with Gasteiger partial charge in [-0.1, -0.05) is 60.7 Å². The van der Waals surface area contributed by atoms with Gasteiger partial charge in [-0.3, -0.25) is 0 Å². The Morgan fingerprint density at radius 3 is 2.43 bits per heavy atom. The van der Waals surface area contributed by atoms with E-state index in [-0.39, 0.29) is 0 Å².